The van der Waals surface area contributed by atoms with Crippen molar-refractivity contribution in [3.05, 3.63) is 12.2 Å². The van der Waals surface area contributed by atoms with Crippen LogP contribution in [0.4, 0.5) is 0 Å². The van der Waals surface area contributed by atoms with Gasteiger partial charge in [0.1, 0.15) is 0 Å². The van der Waals surface area contributed by atoms with Gasteiger partial charge in [0.15, 0.2) is 0 Å². The normalized spacial score (nSPS) is 10.9. The van der Waals surface area contributed by atoms with Gasteiger partial charge in [-0.1, -0.05) is 39.0 Å². The Morgan fingerprint density at radius 1 is 0.947 bits per heavy atom. The minimum atomic E-state index is -0.522. The van der Waals surface area contributed by atoms with Crippen molar-refractivity contribution in [1.82, 2.24) is 0 Å². The summed E-state index contributed by atoms with van der Waals surface area (Å²) < 4.78 is 9.82. The Hall–Kier alpha value is -1.32. The smallest absolute Gasteiger partial charge is 0.331 e. The first-order valence-electron chi connectivity index (χ1n) is 7.11. The van der Waals surface area contributed by atoms with Crippen LogP contribution in [0.15, 0.2) is 12.2 Å². The zero-order valence-corrected chi connectivity index (χ0v) is 12.3. The maximum Gasteiger partial charge on any atom is 0.331 e. The summed E-state index contributed by atoms with van der Waals surface area (Å²) in [5.41, 5.74) is 0. The third kappa shape index (κ3) is 12.9. The topological polar surface area (TPSA) is 52.6 Å². The lowest BCUT2D eigenvalue weighted by molar-refractivity contribution is -0.142. The Bertz CT molecular complexity index is 282. The molecule has 0 amide bonds. The molecule has 0 spiro atoms. The molecule has 0 radical (unpaired) electrons. The lowest BCUT2D eigenvalue weighted by Crippen LogP contribution is -2.09. The average molecular weight is 270 g/mol. The molecule has 0 aromatic carbocycles. The molecule has 0 heterocycles. The van der Waals surface area contributed by atoms with Gasteiger partial charge in [-0.2, -0.15) is 0 Å². The molecule has 19 heavy (non-hydrogen) atoms. The summed E-state index contributed by atoms with van der Waals surface area (Å²) in [6.07, 6.45) is 8.90. The van der Waals surface area contributed by atoms with E-state index in [0.717, 1.165) is 25.0 Å². The molecule has 0 unspecified atom stereocenters. The quantitative estimate of drug-likeness (QED) is 0.347. The molecule has 4 nitrogen and oxygen atoms in total. The fourth-order valence-corrected chi connectivity index (χ4v) is 1.51. The molecule has 0 bridgehead atoms. The van der Waals surface area contributed by atoms with Crippen molar-refractivity contribution < 1.29 is 19.1 Å². The van der Waals surface area contributed by atoms with E-state index in [9.17, 15) is 9.59 Å². The van der Waals surface area contributed by atoms with Gasteiger partial charge in [-0.15, -0.1) is 0 Å². The second kappa shape index (κ2) is 11.8. The monoisotopic (exact) mass is 270 g/mol. The van der Waals surface area contributed by atoms with Crippen LogP contribution in [0.25, 0.3) is 0 Å². The van der Waals surface area contributed by atoms with E-state index in [-0.39, 0.29) is 6.10 Å². The van der Waals surface area contributed by atoms with Crippen molar-refractivity contribution in [3.8, 4) is 0 Å². The Morgan fingerprint density at radius 2 is 1.53 bits per heavy atom. The van der Waals surface area contributed by atoms with Crippen LogP contribution in [0.1, 0.15) is 59.3 Å². The van der Waals surface area contributed by atoms with Gasteiger partial charge < -0.3 is 9.47 Å². The van der Waals surface area contributed by atoms with Crippen LogP contribution in [0.5, 0.6) is 0 Å². The predicted octanol–water partition coefficient (Wildman–Crippen LogP) is 3.40. The molecule has 0 aromatic rings. The minimum Gasteiger partial charge on any atom is -0.463 e. The number of carbonyl (C=O) groups is 2. The van der Waals surface area contributed by atoms with Crippen LogP contribution in [-0.4, -0.2) is 24.6 Å². The highest BCUT2D eigenvalue weighted by atomic mass is 16.5. The second-order valence-corrected chi connectivity index (χ2v) is 4.75. The van der Waals surface area contributed by atoms with Crippen LogP contribution in [0.2, 0.25) is 0 Å². The van der Waals surface area contributed by atoms with Gasteiger partial charge >= 0.3 is 11.9 Å². The van der Waals surface area contributed by atoms with Gasteiger partial charge in [-0.05, 0) is 20.3 Å². The van der Waals surface area contributed by atoms with Gasteiger partial charge in [0.05, 0.1) is 12.7 Å². The summed E-state index contributed by atoms with van der Waals surface area (Å²) >= 11 is 0. The molecule has 110 valence electrons. The number of carbonyl (C=O) groups excluding carboxylic acids is 2. The van der Waals surface area contributed by atoms with E-state index < -0.39 is 11.9 Å². The standard InChI is InChI=1S/C15H26O4/c1-4-5-6-7-8-9-12-18-14(16)10-11-15(17)19-13(2)3/h10-11,13H,4-9,12H2,1-3H3/b11-10+. The van der Waals surface area contributed by atoms with Crippen molar-refractivity contribution in [2.24, 2.45) is 0 Å². The van der Waals surface area contributed by atoms with Crippen molar-refractivity contribution in [2.45, 2.75) is 65.4 Å². The SMILES string of the molecule is CCCCCCCCOC(=O)/C=C/C(=O)OC(C)C. The van der Waals surface area contributed by atoms with Crippen LogP contribution in [-0.2, 0) is 19.1 Å². The molecule has 0 saturated heterocycles. The van der Waals surface area contributed by atoms with E-state index in [4.69, 9.17) is 9.47 Å². The summed E-state index contributed by atoms with van der Waals surface area (Å²) in [4.78, 5) is 22.4. The Balaban J connectivity index is 3.53. The molecule has 0 fully saturated rings. The summed E-state index contributed by atoms with van der Waals surface area (Å²) in [6, 6.07) is 0. The molecular weight excluding hydrogens is 244 g/mol. The lowest BCUT2D eigenvalue weighted by atomic mass is 10.1. The third-order valence-electron chi connectivity index (χ3n) is 2.45. The van der Waals surface area contributed by atoms with Crippen molar-refractivity contribution in [2.75, 3.05) is 6.61 Å². The first kappa shape index (κ1) is 17.7. The summed E-state index contributed by atoms with van der Waals surface area (Å²) in [5.74, 6) is -1.01. The van der Waals surface area contributed by atoms with Gasteiger partial charge in [-0.3, -0.25) is 0 Å². The highest BCUT2D eigenvalue weighted by molar-refractivity contribution is 5.91. The maximum absolute atomic E-state index is 11.3. The van der Waals surface area contributed by atoms with E-state index in [2.05, 4.69) is 6.92 Å². The lowest BCUT2D eigenvalue weighted by Gasteiger charge is -2.04. The predicted molar refractivity (Wildman–Crippen MR) is 74.7 cm³/mol. The number of hydrogen-bond donors (Lipinski definition) is 0. The van der Waals surface area contributed by atoms with E-state index in [0.29, 0.717) is 6.61 Å². The van der Waals surface area contributed by atoms with Crippen LogP contribution >= 0.6 is 0 Å². The van der Waals surface area contributed by atoms with Gasteiger partial charge in [0, 0.05) is 12.2 Å². The van der Waals surface area contributed by atoms with Crippen molar-refractivity contribution >= 4 is 11.9 Å². The molecule has 0 aliphatic heterocycles. The molecule has 0 aliphatic carbocycles. The molecule has 0 atom stereocenters. The van der Waals surface area contributed by atoms with E-state index >= 15 is 0 Å². The summed E-state index contributed by atoms with van der Waals surface area (Å²) in [6.45, 7) is 6.10. The summed E-state index contributed by atoms with van der Waals surface area (Å²) in [5, 5.41) is 0. The van der Waals surface area contributed by atoms with E-state index in [1.807, 2.05) is 0 Å². The molecular formula is C15H26O4. The fourth-order valence-electron chi connectivity index (χ4n) is 1.51. The number of hydrogen-bond acceptors (Lipinski definition) is 4. The average Bonchev–Trinajstić information content (AvgIpc) is 2.34. The van der Waals surface area contributed by atoms with Gasteiger partial charge in [0.2, 0.25) is 0 Å². The van der Waals surface area contributed by atoms with Crippen LogP contribution in [0, 0.1) is 0 Å². The van der Waals surface area contributed by atoms with Gasteiger partial charge in [-0.25, -0.2) is 9.59 Å². The molecule has 4 heteroatoms. The number of unbranched alkanes of at least 4 members (excludes halogenated alkanes) is 5. The van der Waals surface area contributed by atoms with Crippen molar-refractivity contribution in [1.29, 1.82) is 0 Å². The Labute approximate surface area is 116 Å². The first-order valence-corrected chi connectivity index (χ1v) is 7.11. The fraction of sp³-hybridized carbons (Fsp3) is 0.733. The third-order valence-corrected chi connectivity index (χ3v) is 2.45. The molecule has 0 aliphatic rings. The first-order chi connectivity index (χ1) is 9.06. The molecule has 0 rings (SSSR count). The number of ether oxygens (including phenoxy) is 2. The zero-order valence-electron chi connectivity index (χ0n) is 12.3. The highest BCUT2D eigenvalue weighted by Crippen LogP contribution is 2.04. The van der Waals surface area contributed by atoms with Crippen LogP contribution < -0.4 is 0 Å². The minimum absolute atomic E-state index is 0.184. The Morgan fingerprint density at radius 3 is 2.16 bits per heavy atom. The molecule has 0 N–H and O–H groups in total. The van der Waals surface area contributed by atoms with E-state index in [1.54, 1.807) is 13.8 Å². The molecule has 0 saturated carbocycles. The second-order valence-electron chi connectivity index (χ2n) is 4.75. The molecule has 0 aromatic heterocycles. The van der Waals surface area contributed by atoms with E-state index in [1.165, 1.54) is 25.7 Å². The van der Waals surface area contributed by atoms with Gasteiger partial charge in [0.25, 0.3) is 0 Å². The zero-order chi connectivity index (χ0) is 14.5. The maximum atomic E-state index is 11.3. The highest BCUT2D eigenvalue weighted by Gasteiger charge is 2.02. The Kier molecular flexibility index (Phi) is 10.9. The van der Waals surface area contributed by atoms with Crippen LogP contribution in [0.3, 0.4) is 0 Å². The summed E-state index contributed by atoms with van der Waals surface area (Å²) in [7, 11) is 0. The largest absolute Gasteiger partial charge is 0.463 e. The van der Waals surface area contributed by atoms with Crippen molar-refractivity contribution in [3.63, 3.8) is 0 Å². The number of rotatable bonds is 10. The number of esters is 2.